The molecule has 4 rings (SSSR count). The number of ether oxygens (including phenoxy) is 1. The van der Waals surface area contributed by atoms with Crippen molar-refractivity contribution >= 4 is 17.5 Å². The van der Waals surface area contributed by atoms with Gasteiger partial charge < -0.3 is 15.0 Å². The van der Waals surface area contributed by atoms with Gasteiger partial charge in [-0.2, -0.15) is 0 Å². The Hall–Kier alpha value is -2.54. The number of anilines is 2. The van der Waals surface area contributed by atoms with Gasteiger partial charge in [-0.25, -0.2) is 9.97 Å². The standard InChI is InChI=1S/C19H23N5O2/c1-13-16(4-2-6-20-13)23-18(25)15-10-14-11-24(9-5-17(14)26-12-15)19-21-7-3-8-22-19/h2-4,6-8,14-15,17H,5,9-12H2,1H3,(H,23,25)/t14-,15-,17+/m0/s1. The Bertz CT molecular complexity index is 770. The second-order valence-corrected chi connectivity index (χ2v) is 6.97. The summed E-state index contributed by atoms with van der Waals surface area (Å²) in [6.45, 7) is 4.08. The van der Waals surface area contributed by atoms with Crippen LogP contribution >= 0.6 is 0 Å². The zero-order chi connectivity index (χ0) is 17.9. The van der Waals surface area contributed by atoms with Crippen LogP contribution in [0.1, 0.15) is 18.5 Å². The van der Waals surface area contributed by atoms with E-state index in [1.165, 1.54) is 0 Å². The summed E-state index contributed by atoms with van der Waals surface area (Å²) < 4.78 is 6.02. The van der Waals surface area contributed by atoms with Gasteiger partial charge in [-0.1, -0.05) is 0 Å². The topological polar surface area (TPSA) is 80.2 Å². The average Bonchev–Trinajstić information content (AvgIpc) is 2.69. The lowest BCUT2D eigenvalue weighted by Gasteiger charge is -2.43. The number of hydrogen-bond donors (Lipinski definition) is 1. The molecule has 0 aromatic carbocycles. The van der Waals surface area contributed by atoms with Crippen LogP contribution in [0.2, 0.25) is 0 Å². The largest absolute Gasteiger partial charge is 0.377 e. The zero-order valence-corrected chi connectivity index (χ0v) is 14.8. The number of aromatic nitrogens is 3. The number of piperidine rings is 1. The van der Waals surface area contributed by atoms with Crippen LogP contribution in [0.25, 0.3) is 0 Å². The molecular weight excluding hydrogens is 330 g/mol. The number of nitrogens with one attached hydrogen (secondary N) is 1. The van der Waals surface area contributed by atoms with Crippen LogP contribution in [0.15, 0.2) is 36.8 Å². The fourth-order valence-electron chi connectivity index (χ4n) is 3.80. The van der Waals surface area contributed by atoms with E-state index in [2.05, 4.69) is 25.2 Å². The Morgan fingerprint density at radius 2 is 2.04 bits per heavy atom. The molecule has 0 unspecified atom stereocenters. The normalized spacial score (nSPS) is 25.4. The fourth-order valence-corrected chi connectivity index (χ4v) is 3.80. The molecule has 0 radical (unpaired) electrons. The average molecular weight is 353 g/mol. The molecule has 2 aliphatic rings. The number of hydrogen-bond acceptors (Lipinski definition) is 6. The molecule has 1 N–H and O–H groups in total. The molecule has 2 aromatic rings. The van der Waals surface area contributed by atoms with Crippen LogP contribution in [-0.4, -0.2) is 46.7 Å². The van der Waals surface area contributed by atoms with Gasteiger partial charge in [0.15, 0.2) is 0 Å². The van der Waals surface area contributed by atoms with Crippen molar-refractivity contribution in [1.29, 1.82) is 0 Å². The first-order valence-electron chi connectivity index (χ1n) is 9.07. The molecule has 0 spiro atoms. The Labute approximate surface area is 152 Å². The van der Waals surface area contributed by atoms with E-state index in [-0.39, 0.29) is 17.9 Å². The molecule has 0 saturated carbocycles. The summed E-state index contributed by atoms with van der Waals surface area (Å²) in [6, 6.07) is 5.53. The summed E-state index contributed by atoms with van der Waals surface area (Å²) in [5, 5.41) is 3.00. The minimum Gasteiger partial charge on any atom is -0.377 e. The number of pyridine rings is 1. The summed E-state index contributed by atoms with van der Waals surface area (Å²) in [5.41, 5.74) is 1.59. The summed E-state index contributed by atoms with van der Waals surface area (Å²) in [5.74, 6) is 0.927. The first-order chi connectivity index (χ1) is 12.7. The van der Waals surface area contributed by atoms with E-state index in [0.29, 0.717) is 12.5 Å². The number of nitrogens with zero attached hydrogens (tertiary/aromatic N) is 4. The summed E-state index contributed by atoms with van der Waals surface area (Å²) in [6.07, 6.45) is 7.23. The molecule has 136 valence electrons. The maximum absolute atomic E-state index is 12.7. The van der Waals surface area contributed by atoms with Crippen molar-refractivity contribution < 1.29 is 9.53 Å². The maximum Gasteiger partial charge on any atom is 0.229 e. The number of amides is 1. The lowest BCUT2D eigenvalue weighted by Crippen LogP contribution is -2.50. The van der Waals surface area contributed by atoms with Crippen LogP contribution in [0.3, 0.4) is 0 Å². The summed E-state index contributed by atoms with van der Waals surface area (Å²) in [4.78, 5) is 27.8. The second-order valence-electron chi connectivity index (χ2n) is 6.97. The zero-order valence-electron chi connectivity index (χ0n) is 14.8. The molecular formula is C19H23N5O2. The summed E-state index contributed by atoms with van der Waals surface area (Å²) >= 11 is 0. The Balaban J connectivity index is 1.40. The Kier molecular flexibility index (Phi) is 4.79. The molecule has 3 atom stereocenters. The van der Waals surface area contributed by atoms with Gasteiger partial charge in [-0.15, -0.1) is 0 Å². The lowest BCUT2D eigenvalue weighted by molar-refractivity contribution is -0.130. The van der Waals surface area contributed by atoms with E-state index in [9.17, 15) is 4.79 Å². The van der Waals surface area contributed by atoms with E-state index in [4.69, 9.17) is 4.74 Å². The molecule has 0 bridgehead atoms. The Morgan fingerprint density at radius 1 is 1.23 bits per heavy atom. The number of rotatable bonds is 3. The minimum absolute atomic E-state index is 0.00707. The van der Waals surface area contributed by atoms with Gasteiger partial charge in [0.2, 0.25) is 11.9 Å². The predicted octanol–water partition coefficient (Wildman–Crippen LogP) is 2.05. The highest BCUT2D eigenvalue weighted by atomic mass is 16.5. The van der Waals surface area contributed by atoms with Gasteiger partial charge in [0.25, 0.3) is 0 Å². The summed E-state index contributed by atoms with van der Waals surface area (Å²) in [7, 11) is 0. The number of aryl methyl sites for hydroxylation is 1. The second kappa shape index (κ2) is 7.37. The monoisotopic (exact) mass is 353 g/mol. The molecule has 2 saturated heterocycles. The van der Waals surface area contributed by atoms with Crippen molar-refractivity contribution in [2.75, 3.05) is 29.9 Å². The molecule has 1 amide bonds. The molecule has 0 aliphatic carbocycles. The first-order valence-corrected chi connectivity index (χ1v) is 9.07. The number of carbonyl (C=O) groups is 1. The third-order valence-electron chi connectivity index (χ3n) is 5.23. The molecule has 2 aromatic heterocycles. The van der Waals surface area contributed by atoms with Crippen molar-refractivity contribution in [2.45, 2.75) is 25.9 Å². The smallest absolute Gasteiger partial charge is 0.229 e. The van der Waals surface area contributed by atoms with E-state index in [0.717, 1.165) is 43.3 Å². The highest BCUT2D eigenvalue weighted by molar-refractivity contribution is 5.93. The van der Waals surface area contributed by atoms with Crippen LogP contribution in [-0.2, 0) is 9.53 Å². The highest BCUT2D eigenvalue weighted by Gasteiger charge is 2.38. The first kappa shape index (κ1) is 16.9. The van der Waals surface area contributed by atoms with Crippen LogP contribution in [0, 0.1) is 18.8 Å². The van der Waals surface area contributed by atoms with Gasteiger partial charge in [0.1, 0.15) is 0 Å². The van der Waals surface area contributed by atoms with Gasteiger partial charge in [0, 0.05) is 37.6 Å². The SMILES string of the molecule is Cc1ncccc1NC(=O)[C@@H]1CO[C@@H]2CCN(c3ncccn3)C[C@@H]2C1. The van der Waals surface area contributed by atoms with Gasteiger partial charge in [-0.3, -0.25) is 9.78 Å². The molecule has 2 aliphatic heterocycles. The third kappa shape index (κ3) is 3.53. The van der Waals surface area contributed by atoms with Crippen LogP contribution < -0.4 is 10.2 Å². The van der Waals surface area contributed by atoms with Crippen molar-refractivity contribution in [1.82, 2.24) is 15.0 Å². The molecule has 2 fully saturated rings. The van der Waals surface area contributed by atoms with Gasteiger partial charge in [-0.05, 0) is 38.0 Å². The molecule has 7 heteroatoms. The minimum atomic E-state index is -0.146. The number of fused-ring (bicyclic) bond motifs is 1. The predicted molar refractivity (Wildman–Crippen MR) is 97.8 cm³/mol. The highest BCUT2D eigenvalue weighted by Crippen LogP contribution is 2.33. The van der Waals surface area contributed by atoms with Crippen LogP contribution in [0.4, 0.5) is 11.6 Å². The van der Waals surface area contributed by atoms with Crippen molar-refractivity contribution in [3.05, 3.63) is 42.5 Å². The van der Waals surface area contributed by atoms with Crippen LogP contribution in [0.5, 0.6) is 0 Å². The molecule has 26 heavy (non-hydrogen) atoms. The van der Waals surface area contributed by atoms with Crippen molar-refractivity contribution in [3.63, 3.8) is 0 Å². The third-order valence-corrected chi connectivity index (χ3v) is 5.23. The van der Waals surface area contributed by atoms with Crippen molar-refractivity contribution in [2.24, 2.45) is 11.8 Å². The molecule has 4 heterocycles. The van der Waals surface area contributed by atoms with E-state index < -0.39 is 0 Å². The lowest BCUT2D eigenvalue weighted by atomic mass is 9.83. The fraction of sp³-hybridized carbons (Fsp3) is 0.474. The quantitative estimate of drug-likeness (QED) is 0.910. The number of carbonyl (C=O) groups excluding carboxylic acids is 1. The van der Waals surface area contributed by atoms with Gasteiger partial charge in [0.05, 0.1) is 30.0 Å². The molecule has 7 nitrogen and oxygen atoms in total. The van der Waals surface area contributed by atoms with Gasteiger partial charge >= 0.3 is 0 Å². The Morgan fingerprint density at radius 3 is 2.85 bits per heavy atom. The van der Waals surface area contributed by atoms with E-state index >= 15 is 0 Å². The van der Waals surface area contributed by atoms with E-state index in [1.54, 1.807) is 18.6 Å². The van der Waals surface area contributed by atoms with E-state index in [1.807, 2.05) is 25.1 Å². The maximum atomic E-state index is 12.7. The van der Waals surface area contributed by atoms with Crippen molar-refractivity contribution in [3.8, 4) is 0 Å².